The molecular formula is C29H41N3O6S. The van der Waals surface area contributed by atoms with Crippen LogP contribution < -0.4 is 14.8 Å². The fourth-order valence-electron chi connectivity index (χ4n) is 5.68. The minimum atomic E-state index is -3.82. The Labute approximate surface area is 231 Å². The van der Waals surface area contributed by atoms with Crippen molar-refractivity contribution in [2.45, 2.75) is 95.7 Å². The largest absolute Gasteiger partial charge is 0.495 e. The molecule has 1 aromatic carbocycles. The molecule has 0 saturated heterocycles. The maximum Gasteiger partial charge on any atom is 0.306 e. The molecule has 0 aliphatic heterocycles. The number of sulfonamides is 1. The van der Waals surface area contributed by atoms with Crippen LogP contribution in [0.3, 0.4) is 0 Å². The van der Waals surface area contributed by atoms with E-state index in [2.05, 4.69) is 14.6 Å². The lowest BCUT2D eigenvalue weighted by Gasteiger charge is -2.32. The van der Waals surface area contributed by atoms with Crippen molar-refractivity contribution in [1.29, 1.82) is 0 Å². The number of aromatic nitrogens is 1. The maximum atomic E-state index is 13.3. The number of nitrogens with one attached hydrogen (secondary N) is 2. The first-order valence-electron chi connectivity index (χ1n) is 13.7. The van der Waals surface area contributed by atoms with Gasteiger partial charge in [-0.3, -0.25) is 9.59 Å². The molecule has 9 nitrogen and oxygen atoms in total. The second-order valence-electron chi connectivity index (χ2n) is 12.0. The summed E-state index contributed by atoms with van der Waals surface area (Å²) in [7, 11) is -2.37. The van der Waals surface area contributed by atoms with Crippen molar-refractivity contribution in [1.82, 2.24) is 14.6 Å². The van der Waals surface area contributed by atoms with Crippen molar-refractivity contribution in [2.75, 3.05) is 7.11 Å². The number of carboxylic acids is 1. The van der Waals surface area contributed by atoms with Gasteiger partial charge in [0.1, 0.15) is 10.6 Å². The quantitative estimate of drug-likeness (QED) is 0.408. The SMILES string of the molecule is COc1cc(-c2cc(C(=O)N[C@H]3C[C@H](C(=O)O)C3)c(C)n2CC2CCCCC2)ccc1S(=O)(=O)NC(C)(C)C. The molecule has 0 spiro atoms. The normalized spacial score (nSPS) is 20.3. The van der Waals surface area contributed by atoms with Gasteiger partial charge in [0.05, 0.1) is 18.6 Å². The fourth-order valence-corrected chi connectivity index (χ4v) is 7.26. The number of hydrogen-bond donors (Lipinski definition) is 3. The monoisotopic (exact) mass is 559 g/mol. The molecule has 1 heterocycles. The third kappa shape index (κ3) is 6.66. The Kier molecular flexibility index (Phi) is 8.47. The highest BCUT2D eigenvalue weighted by Gasteiger charge is 2.36. The van der Waals surface area contributed by atoms with E-state index in [9.17, 15) is 18.0 Å². The molecule has 39 heavy (non-hydrogen) atoms. The Morgan fingerprint density at radius 2 is 1.77 bits per heavy atom. The van der Waals surface area contributed by atoms with E-state index in [1.54, 1.807) is 39.0 Å². The van der Waals surface area contributed by atoms with Crippen LogP contribution in [-0.4, -0.2) is 48.7 Å². The van der Waals surface area contributed by atoms with Crippen LogP contribution in [0.4, 0.5) is 0 Å². The molecule has 10 heteroatoms. The van der Waals surface area contributed by atoms with Crippen LogP contribution in [0.1, 0.15) is 81.8 Å². The highest BCUT2D eigenvalue weighted by molar-refractivity contribution is 7.89. The van der Waals surface area contributed by atoms with Gasteiger partial charge in [0.15, 0.2) is 0 Å². The molecule has 4 rings (SSSR count). The smallest absolute Gasteiger partial charge is 0.306 e. The van der Waals surface area contributed by atoms with Crippen molar-refractivity contribution in [2.24, 2.45) is 11.8 Å². The number of hydrogen-bond acceptors (Lipinski definition) is 5. The Balaban J connectivity index is 1.69. The molecule has 2 aliphatic rings. The molecule has 0 unspecified atom stereocenters. The van der Waals surface area contributed by atoms with E-state index in [4.69, 9.17) is 9.84 Å². The molecule has 1 amide bonds. The molecule has 3 N–H and O–H groups in total. The maximum absolute atomic E-state index is 13.3. The lowest BCUT2D eigenvalue weighted by molar-refractivity contribution is -0.145. The third-order valence-electron chi connectivity index (χ3n) is 7.79. The van der Waals surface area contributed by atoms with E-state index in [-0.39, 0.29) is 22.6 Å². The average Bonchev–Trinajstić information content (AvgIpc) is 3.15. The van der Waals surface area contributed by atoms with Crippen LogP contribution in [-0.2, 0) is 21.4 Å². The van der Waals surface area contributed by atoms with E-state index in [1.165, 1.54) is 26.4 Å². The number of ether oxygens (including phenoxy) is 1. The van der Waals surface area contributed by atoms with E-state index in [1.807, 2.05) is 13.0 Å². The number of benzene rings is 1. The van der Waals surface area contributed by atoms with Crippen LogP contribution >= 0.6 is 0 Å². The Morgan fingerprint density at radius 1 is 1.10 bits per heavy atom. The standard InChI is InChI=1S/C29H41N3O6S/c1-18-23(27(33)30-22-13-21(14-22)28(34)35)16-24(32(18)17-19-9-7-6-8-10-19)20-11-12-26(25(15-20)38-5)39(36,37)31-29(2,3)4/h11-12,15-16,19,21-22,31H,6-10,13-14,17H2,1-5H3,(H,30,33)(H,34,35)/t21-,22-. The summed E-state index contributed by atoms with van der Waals surface area (Å²) in [5, 5.41) is 12.2. The van der Waals surface area contributed by atoms with Crippen molar-refractivity contribution in [3.05, 3.63) is 35.5 Å². The summed E-state index contributed by atoms with van der Waals surface area (Å²) in [4.78, 5) is 24.5. The van der Waals surface area contributed by atoms with Crippen LogP contribution in [0.15, 0.2) is 29.2 Å². The molecule has 2 aliphatic carbocycles. The molecule has 1 aromatic heterocycles. The summed E-state index contributed by atoms with van der Waals surface area (Å²) in [5.41, 5.74) is 2.32. The summed E-state index contributed by atoms with van der Waals surface area (Å²) in [6.45, 7) is 8.05. The topological polar surface area (TPSA) is 127 Å². The van der Waals surface area contributed by atoms with Gasteiger partial charge in [-0.15, -0.1) is 0 Å². The summed E-state index contributed by atoms with van der Waals surface area (Å²) in [5.74, 6) is -0.717. The van der Waals surface area contributed by atoms with Crippen molar-refractivity contribution >= 4 is 21.9 Å². The van der Waals surface area contributed by atoms with Gasteiger partial charge in [-0.2, -0.15) is 0 Å². The molecule has 2 aromatic rings. The lowest BCUT2D eigenvalue weighted by atomic mass is 9.80. The highest BCUT2D eigenvalue weighted by Crippen LogP contribution is 2.35. The Bertz CT molecular complexity index is 1330. The number of carbonyl (C=O) groups is 2. The highest BCUT2D eigenvalue weighted by atomic mass is 32.2. The Morgan fingerprint density at radius 3 is 2.36 bits per heavy atom. The van der Waals surface area contributed by atoms with Gasteiger partial charge in [0.2, 0.25) is 10.0 Å². The van der Waals surface area contributed by atoms with E-state index in [0.29, 0.717) is 24.3 Å². The van der Waals surface area contributed by atoms with Crippen LogP contribution in [0.5, 0.6) is 5.75 Å². The third-order valence-corrected chi connectivity index (χ3v) is 9.59. The number of rotatable bonds is 9. The fraction of sp³-hybridized carbons (Fsp3) is 0.586. The predicted octanol–water partition coefficient (Wildman–Crippen LogP) is 4.72. The first kappa shape index (κ1) is 29.1. The van der Waals surface area contributed by atoms with Gasteiger partial charge in [-0.1, -0.05) is 25.3 Å². The zero-order valence-electron chi connectivity index (χ0n) is 23.5. The van der Waals surface area contributed by atoms with Gasteiger partial charge in [-0.25, -0.2) is 13.1 Å². The van der Waals surface area contributed by atoms with E-state index >= 15 is 0 Å². The number of methoxy groups -OCH3 is 1. The molecule has 0 radical (unpaired) electrons. The molecular weight excluding hydrogens is 518 g/mol. The number of carboxylic acid groups (broad SMARTS) is 1. The molecule has 0 atom stereocenters. The second-order valence-corrected chi connectivity index (χ2v) is 13.7. The predicted molar refractivity (Wildman–Crippen MR) is 149 cm³/mol. The van der Waals surface area contributed by atoms with Gasteiger partial charge < -0.3 is 19.7 Å². The zero-order valence-corrected chi connectivity index (χ0v) is 24.4. The number of nitrogens with zero attached hydrogens (tertiary/aromatic N) is 1. The summed E-state index contributed by atoms with van der Waals surface area (Å²) < 4.78 is 36.5. The number of aliphatic carboxylic acids is 1. The second kappa shape index (κ2) is 11.3. The van der Waals surface area contributed by atoms with Gasteiger partial charge in [-0.05, 0) is 77.5 Å². The summed E-state index contributed by atoms with van der Waals surface area (Å²) >= 11 is 0. The van der Waals surface area contributed by atoms with Crippen molar-refractivity contribution in [3.63, 3.8) is 0 Å². The van der Waals surface area contributed by atoms with E-state index < -0.39 is 27.4 Å². The van der Waals surface area contributed by atoms with Gasteiger partial charge >= 0.3 is 5.97 Å². The molecule has 2 fully saturated rings. The lowest BCUT2D eigenvalue weighted by Crippen LogP contribution is -2.46. The number of carbonyl (C=O) groups excluding carboxylic acids is 1. The van der Waals surface area contributed by atoms with Crippen LogP contribution in [0, 0.1) is 18.8 Å². The van der Waals surface area contributed by atoms with Crippen LogP contribution in [0.25, 0.3) is 11.3 Å². The molecule has 214 valence electrons. The first-order chi connectivity index (χ1) is 18.3. The number of amides is 1. The molecule has 0 bridgehead atoms. The summed E-state index contributed by atoms with van der Waals surface area (Å²) in [6.07, 6.45) is 6.78. The first-order valence-corrected chi connectivity index (χ1v) is 15.2. The Hall–Kier alpha value is -2.85. The summed E-state index contributed by atoms with van der Waals surface area (Å²) in [6, 6.07) is 6.74. The van der Waals surface area contributed by atoms with Crippen molar-refractivity contribution in [3.8, 4) is 17.0 Å². The minimum Gasteiger partial charge on any atom is -0.495 e. The van der Waals surface area contributed by atoms with Gasteiger partial charge in [0.25, 0.3) is 5.91 Å². The average molecular weight is 560 g/mol. The minimum absolute atomic E-state index is 0.0571. The van der Waals surface area contributed by atoms with Crippen molar-refractivity contribution < 1.29 is 27.9 Å². The van der Waals surface area contributed by atoms with Gasteiger partial charge in [0, 0.05) is 35.1 Å². The zero-order chi connectivity index (χ0) is 28.5. The van der Waals surface area contributed by atoms with Crippen LogP contribution in [0.2, 0.25) is 0 Å². The molecule has 2 saturated carbocycles. The van der Waals surface area contributed by atoms with E-state index in [0.717, 1.165) is 36.3 Å².